The summed E-state index contributed by atoms with van der Waals surface area (Å²) in [6.45, 7) is 0.152. The van der Waals surface area contributed by atoms with E-state index in [9.17, 15) is 18.0 Å². The number of carbonyl (C=O) groups excluding carboxylic acids is 1. The molecule has 1 aromatic carbocycles. The van der Waals surface area contributed by atoms with E-state index in [0.717, 1.165) is 12.1 Å². The predicted molar refractivity (Wildman–Crippen MR) is 57.5 cm³/mol. The molecule has 1 aliphatic heterocycles. The summed E-state index contributed by atoms with van der Waals surface area (Å²) < 4.78 is 39.3. The quantitative estimate of drug-likeness (QED) is 0.821. The topological polar surface area (TPSA) is 40.5 Å². The summed E-state index contributed by atoms with van der Waals surface area (Å²) in [6, 6.07) is 1.25. The largest absolute Gasteiger partial charge is 0.394 e. The van der Waals surface area contributed by atoms with Gasteiger partial charge in [-0.05, 0) is 25.0 Å². The van der Waals surface area contributed by atoms with E-state index in [0.29, 0.717) is 19.4 Å². The summed E-state index contributed by atoms with van der Waals surface area (Å²) in [5.74, 6) is -5.18. The van der Waals surface area contributed by atoms with Crippen LogP contribution in [0.2, 0.25) is 0 Å². The molecular weight excluding hydrogens is 247 g/mol. The highest BCUT2D eigenvalue weighted by Gasteiger charge is 2.31. The van der Waals surface area contributed by atoms with Crippen molar-refractivity contribution in [3.63, 3.8) is 0 Å². The zero-order valence-corrected chi connectivity index (χ0v) is 9.50. The van der Waals surface area contributed by atoms with E-state index < -0.39 is 28.9 Å². The minimum atomic E-state index is -1.65. The third-order valence-corrected chi connectivity index (χ3v) is 3.11. The molecule has 6 heteroatoms. The van der Waals surface area contributed by atoms with Crippen molar-refractivity contribution in [3.8, 4) is 0 Å². The number of hydrogen-bond acceptors (Lipinski definition) is 2. The van der Waals surface area contributed by atoms with Crippen LogP contribution < -0.4 is 0 Å². The molecule has 0 saturated carbocycles. The van der Waals surface area contributed by atoms with Gasteiger partial charge >= 0.3 is 0 Å². The maximum absolute atomic E-state index is 13.5. The average Bonchev–Trinajstić information content (AvgIpc) is 2.83. The van der Waals surface area contributed by atoms with Crippen LogP contribution in [0.15, 0.2) is 12.1 Å². The van der Waals surface area contributed by atoms with Gasteiger partial charge in [0.15, 0.2) is 17.5 Å². The van der Waals surface area contributed by atoms with Crippen molar-refractivity contribution in [3.05, 3.63) is 35.1 Å². The van der Waals surface area contributed by atoms with Gasteiger partial charge in [0, 0.05) is 6.54 Å². The second kappa shape index (κ2) is 4.97. The molecule has 1 aromatic rings. The first kappa shape index (κ1) is 12.9. The molecule has 0 unspecified atom stereocenters. The van der Waals surface area contributed by atoms with Crippen molar-refractivity contribution in [1.82, 2.24) is 4.90 Å². The number of carbonyl (C=O) groups is 1. The smallest absolute Gasteiger partial charge is 0.257 e. The Morgan fingerprint density at radius 1 is 1.33 bits per heavy atom. The van der Waals surface area contributed by atoms with Gasteiger partial charge in [0.2, 0.25) is 0 Å². The fourth-order valence-electron chi connectivity index (χ4n) is 2.14. The van der Waals surface area contributed by atoms with E-state index in [1.54, 1.807) is 0 Å². The second-order valence-corrected chi connectivity index (χ2v) is 4.20. The van der Waals surface area contributed by atoms with Gasteiger partial charge in [0.25, 0.3) is 5.91 Å². The molecule has 0 spiro atoms. The highest BCUT2D eigenvalue weighted by molar-refractivity contribution is 5.94. The average molecular weight is 259 g/mol. The Hall–Kier alpha value is -1.56. The monoisotopic (exact) mass is 259 g/mol. The van der Waals surface area contributed by atoms with Crippen molar-refractivity contribution >= 4 is 5.91 Å². The summed E-state index contributed by atoms with van der Waals surface area (Å²) in [5, 5.41) is 9.08. The zero-order valence-electron chi connectivity index (χ0n) is 9.50. The van der Waals surface area contributed by atoms with Crippen LogP contribution in [-0.4, -0.2) is 35.1 Å². The Kier molecular flexibility index (Phi) is 3.56. The molecule has 1 fully saturated rings. The molecule has 1 N–H and O–H groups in total. The number of hydrogen-bond donors (Lipinski definition) is 1. The molecule has 1 heterocycles. The van der Waals surface area contributed by atoms with Gasteiger partial charge in [-0.25, -0.2) is 13.2 Å². The van der Waals surface area contributed by atoms with Crippen molar-refractivity contribution < 1.29 is 23.1 Å². The predicted octanol–water partition coefficient (Wildman–Crippen LogP) is 1.70. The summed E-state index contributed by atoms with van der Waals surface area (Å²) in [7, 11) is 0. The van der Waals surface area contributed by atoms with Crippen molar-refractivity contribution in [2.24, 2.45) is 0 Å². The normalized spacial score (nSPS) is 19.3. The van der Waals surface area contributed by atoms with Gasteiger partial charge in [-0.1, -0.05) is 0 Å². The maximum Gasteiger partial charge on any atom is 0.257 e. The van der Waals surface area contributed by atoms with E-state index >= 15 is 0 Å². The van der Waals surface area contributed by atoms with Crippen LogP contribution in [0.4, 0.5) is 13.2 Å². The van der Waals surface area contributed by atoms with Crippen molar-refractivity contribution in [1.29, 1.82) is 0 Å². The lowest BCUT2D eigenvalue weighted by atomic mass is 10.1. The lowest BCUT2D eigenvalue weighted by Crippen LogP contribution is -2.38. The Labute approximate surface area is 102 Å². The van der Waals surface area contributed by atoms with Crippen LogP contribution >= 0.6 is 0 Å². The minimum absolute atomic E-state index is 0.225. The van der Waals surface area contributed by atoms with Gasteiger partial charge in [0.05, 0.1) is 18.2 Å². The number of likely N-dealkylation sites (tertiary alicyclic amines) is 1. The van der Waals surface area contributed by atoms with Crippen LogP contribution in [0.25, 0.3) is 0 Å². The molecule has 0 aromatic heterocycles. The highest BCUT2D eigenvalue weighted by Crippen LogP contribution is 2.22. The molecule has 0 aliphatic carbocycles. The van der Waals surface area contributed by atoms with Gasteiger partial charge < -0.3 is 10.0 Å². The summed E-state index contributed by atoms with van der Waals surface area (Å²) in [4.78, 5) is 13.3. The number of amides is 1. The van der Waals surface area contributed by atoms with E-state index in [-0.39, 0.29) is 12.6 Å². The molecule has 1 atom stereocenters. The van der Waals surface area contributed by atoms with E-state index in [1.807, 2.05) is 0 Å². The fraction of sp³-hybridized carbons (Fsp3) is 0.417. The lowest BCUT2D eigenvalue weighted by molar-refractivity contribution is 0.0671. The lowest BCUT2D eigenvalue weighted by Gasteiger charge is -2.23. The molecule has 0 bridgehead atoms. The van der Waals surface area contributed by atoms with E-state index in [4.69, 9.17) is 5.11 Å². The van der Waals surface area contributed by atoms with Gasteiger partial charge in [-0.15, -0.1) is 0 Å². The number of aliphatic hydroxyl groups excluding tert-OH is 1. The molecule has 3 nitrogen and oxygen atoms in total. The SMILES string of the molecule is O=C(c1ccc(F)c(F)c1F)N1CCC[C@H]1CO. The second-order valence-electron chi connectivity index (χ2n) is 4.20. The number of halogens is 3. The Morgan fingerprint density at radius 2 is 2.06 bits per heavy atom. The first-order valence-electron chi connectivity index (χ1n) is 5.61. The number of rotatable bonds is 2. The number of aliphatic hydroxyl groups is 1. The third-order valence-electron chi connectivity index (χ3n) is 3.11. The van der Waals surface area contributed by atoms with E-state index in [2.05, 4.69) is 0 Å². The van der Waals surface area contributed by atoms with Crippen LogP contribution in [0.3, 0.4) is 0 Å². The third kappa shape index (κ3) is 2.08. The van der Waals surface area contributed by atoms with Crippen LogP contribution in [0.1, 0.15) is 23.2 Å². The molecule has 18 heavy (non-hydrogen) atoms. The molecular formula is C12H12F3NO2. The summed E-state index contributed by atoms with van der Waals surface area (Å²) in [6.07, 6.45) is 1.32. The van der Waals surface area contributed by atoms with E-state index in [1.165, 1.54) is 4.90 Å². The van der Waals surface area contributed by atoms with Crippen LogP contribution in [0.5, 0.6) is 0 Å². The Balaban J connectivity index is 2.32. The zero-order chi connectivity index (χ0) is 13.3. The Bertz CT molecular complexity index is 479. The molecule has 1 amide bonds. The molecule has 98 valence electrons. The van der Waals surface area contributed by atoms with Gasteiger partial charge in [0.1, 0.15) is 0 Å². The molecule has 1 saturated heterocycles. The summed E-state index contributed by atoms with van der Waals surface area (Å²) in [5.41, 5.74) is -0.505. The number of benzene rings is 1. The molecule has 2 rings (SSSR count). The van der Waals surface area contributed by atoms with Crippen molar-refractivity contribution in [2.45, 2.75) is 18.9 Å². The molecule has 0 radical (unpaired) electrons. The first-order valence-corrected chi connectivity index (χ1v) is 5.61. The Morgan fingerprint density at radius 3 is 2.72 bits per heavy atom. The standard InChI is InChI=1S/C12H12F3NO2/c13-9-4-3-8(10(14)11(9)15)12(18)16-5-1-2-7(16)6-17/h3-4,7,17H,1-2,5-6H2/t7-/m0/s1. The fourth-order valence-corrected chi connectivity index (χ4v) is 2.14. The van der Waals surface area contributed by atoms with Crippen molar-refractivity contribution in [2.75, 3.05) is 13.2 Å². The maximum atomic E-state index is 13.5. The summed E-state index contributed by atoms with van der Waals surface area (Å²) >= 11 is 0. The van der Waals surface area contributed by atoms with Crippen LogP contribution in [-0.2, 0) is 0 Å². The first-order chi connectivity index (χ1) is 8.56. The number of nitrogens with zero attached hydrogens (tertiary/aromatic N) is 1. The van der Waals surface area contributed by atoms with Crippen LogP contribution in [0, 0.1) is 17.5 Å². The van der Waals surface area contributed by atoms with Gasteiger partial charge in [-0.3, -0.25) is 4.79 Å². The molecule has 1 aliphatic rings. The highest BCUT2D eigenvalue weighted by atomic mass is 19.2. The van der Waals surface area contributed by atoms with Gasteiger partial charge in [-0.2, -0.15) is 0 Å². The minimum Gasteiger partial charge on any atom is -0.394 e.